The maximum absolute atomic E-state index is 11.9. The number of rotatable bonds is 6. The van der Waals surface area contributed by atoms with E-state index in [1.807, 2.05) is 20.8 Å². The zero-order valence-corrected chi connectivity index (χ0v) is 11.7. The third kappa shape index (κ3) is 3.46. The highest BCUT2D eigenvalue weighted by molar-refractivity contribution is 6.32. The van der Waals surface area contributed by atoms with Crippen LogP contribution < -0.4 is 10.9 Å². The van der Waals surface area contributed by atoms with Gasteiger partial charge in [0.15, 0.2) is 0 Å². The van der Waals surface area contributed by atoms with Gasteiger partial charge in [-0.2, -0.15) is 5.10 Å². The van der Waals surface area contributed by atoms with E-state index in [-0.39, 0.29) is 29.3 Å². The molecule has 0 amide bonds. The first-order chi connectivity index (χ1) is 8.51. The standard InChI is InChI=1S/C12H20ClN3O2/c1-4-9(5-6-17)15-10-7-14-16(8(2)3)12(18)11(10)13/h7-9,15,17H,4-6H2,1-3H3. The molecule has 2 N–H and O–H groups in total. The molecule has 1 heterocycles. The first-order valence-corrected chi connectivity index (χ1v) is 6.53. The predicted molar refractivity (Wildman–Crippen MR) is 73.3 cm³/mol. The van der Waals surface area contributed by atoms with Crippen molar-refractivity contribution in [3.05, 3.63) is 21.6 Å². The van der Waals surface area contributed by atoms with Gasteiger partial charge in [-0.25, -0.2) is 4.68 Å². The molecule has 5 nitrogen and oxygen atoms in total. The van der Waals surface area contributed by atoms with E-state index in [9.17, 15) is 4.79 Å². The lowest BCUT2D eigenvalue weighted by Gasteiger charge is -2.18. The Balaban J connectivity index is 2.98. The van der Waals surface area contributed by atoms with Crippen LogP contribution in [0, 0.1) is 0 Å². The Morgan fingerprint density at radius 2 is 2.22 bits per heavy atom. The minimum atomic E-state index is -0.296. The Hall–Kier alpha value is -1.07. The molecule has 0 aliphatic rings. The van der Waals surface area contributed by atoms with Crippen LogP contribution in [-0.4, -0.2) is 27.5 Å². The number of hydrogen-bond acceptors (Lipinski definition) is 4. The minimum Gasteiger partial charge on any atom is -0.396 e. The van der Waals surface area contributed by atoms with Gasteiger partial charge in [-0.1, -0.05) is 18.5 Å². The van der Waals surface area contributed by atoms with Gasteiger partial charge in [0.1, 0.15) is 5.02 Å². The lowest BCUT2D eigenvalue weighted by Crippen LogP contribution is -2.28. The highest BCUT2D eigenvalue weighted by atomic mass is 35.5. The summed E-state index contributed by atoms with van der Waals surface area (Å²) in [5.74, 6) is 0. The zero-order valence-electron chi connectivity index (χ0n) is 11.0. The van der Waals surface area contributed by atoms with Gasteiger partial charge in [-0.15, -0.1) is 0 Å². The number of aliphatic hydroxyl groups is 1. The van der Waals surface area contributed by atoms with E-state index in [0.29, 0.717) is 12.1 Å². The largest absolute Gasteiger partial charge is 0.396 e. The number of aromatic nitrogens is 2. The number of halogens is 1. The Morgan fingerprint density at radius 1 is 1.56 bits per heavy atom. The Kier molecular flexibility index (Phi) is 5.62. The molecule has 0 fully saturated rings. The molecule has 0 bridgehead atoms. The van der Waals surface area contributed by atoms with E-state index in [0.717, 1.165) is 6.42 Å². The second kappa shape index (κ2) is 6.75. The second-order valence-corrected chi connectivity index (χ2v) is 4.86. The summed E-state index contributed by atoms with van der Waals surface area (Å²) in [5.41, 5.74) is 0.231. The normalized spacial score (nSPS) is 12.8. The fourth-order valence-corrected chi connectivity index (χ4v) is 1.86. The summed E-state index contributed by atoms with van der Waals surface area (Å²) in [6.45, 7) is 5.85. The summed E-state index contributed by atoms with van der Waals surface area (Å²) >= 11 is 6.05. The van der Waals surface area contributed by atoms with Gasteiger partial charge in [0.25, 0.3) is 5.56 Å². The molecular formula is C12H20ClN3O2. The first kappa shape index (κ1) is 15.0. The van der Waals surface area contributed by atoms with Crippen LogP contribution in [0.15, 0.2) is 11.0 Å². The minimum absolute atomic E-state index is 0.0246. The van der Waals surface area contributed by atoms with Gasteiger partial charge in [-0.05, 0) is 26.7 Å². The molecule has 0 radical (unpaired) electrons. The summed E-state index contributed by atoms with van der Waals surface area (Å²) < 4.78 is 1.35. The smallest absolute Gasteiger partial charge is 0.287 e. The molecule has 0 aromatic carbocycles. The van der Waals surface area contributed by atoms with E-state index in [4.69, 9.17) is 16.7 Å². The molecule has 1 aromatic rings. The lowest BCUT2D eigenvalue weighted by atomic mass is 10.1. The maximum atomic E-state index is 11.9. The Morgan fingerprint density at radius 3 is 2.72 bits per heavy atom. The molecule has 0 aliphatic carbocycles. The summed E-state index contributed by atoms with van der Waals surface area (Å²) in [6, 6.07) is 0.0621. The van der Waals surface area contributed by atoms with Gasteiger partial charge < -0.3 is 10.4 Å². The molecule has 6 heteroatoms. The fraction of sp³-hybridized carbons (Fsp3) is 0.667. The van der Waals surface area contributed by atoms with Crippen molar-refractivity contribution >= 4 is 17.3 Å². The average Bonchev–Trinajstić information content (AvgIpc) is 2.33. The second-order valence-electron chi connectivity index (χ2n) is 4.48. The lowest BCUT2D eigenvalue weighted by molar-refractivity contribution is 0.278. The molecule has 1 unspecified atom stereocenters. The average molecular weight is 274 g/mol. The summed E-state index contributed by atoms with van der Waals surface area (Å²) in [5, 5.41) is 16.3. The molecule has 0 saturated heterocycles. The van der Waals surface area contributed by atoms with Crippen LogP contribution in [0.1, 0.15) is 39.7 Å². The quantitative estimate of drug-likeness (QED) is 0.832. The van der Waals surface area contributed by atoms with E-state index in [1.54, 1.807) is 6.20 Å². The third-order valence-electron chi connectivity index (χ3n) is 2.76. The van der Waals surface area contributed by atoms with Crippen molar-refractivity contribution in [2.45, 2.75) is 45.7 Å². The fourth-order valence-electron chi connectivity index (χ4n) is 1.67. The monoisotopic (exact) mass is 273 g/mol. The van der Waals surface area contributed by atoms with Crippen LogP contribution in [0.25, 0.3) is 0 Å². The van der Waals surface area contributed by atoms with Crippen LogP contribution in [0.2, 0.25) is 5.02 Å². The highest BCUT2D eigenvalue weighted by Crippen LogP contribution is 2.18. The van der Waals surface area contributed by atoms with Crippen molar-refractivity contribution in [2.24, 2.45) is 0 Å². The molecule has 0 saturated carbocycles. The van der Waals surface area contributed by atoms with Crippen molar-refractivity contribution in [2.75, 3.05) is 11.9 Å². The highest BCUT2D eigenvalue weighted by Gasteiger charge is 2.13. The van der Waals surface area contributed by atoms with Gasteiger partial charge in [0, 0.05) is 12.6 Å². The van der Waals surface area contributed by atoms with Gasteiger partial charge in [0.05, 0.1) is 17.9 Å². The van der Waals surface area contributed by atoms with Crippen molar-refractivity contribution in [3.63, 3.8) is 0 Å². The number of hydrogen-bond donors (Lipinski definition) is 2. The Labute approximate surface area is 112 Å². The molecular weight excluding hydrogens is 254 g/mol. The predicted octanol–water partition coefficient (Wildman–Crippen LogP) is 2.05. The molecule has 1 aromatic heterocycles. The Bertz CT molecular complexity index is 445. The molecule has 1 rings (SSSR count). The number of nitrogens with one attached hydrogen (secondary N) is 1. The maximum Gasteiger partial charge on any atom is 0.287 e. The molecule has 0 aliphatic heterocycles. The van der Waals surface area contributed by atoms with Crippen molar-refractivity contribution < 1.29 is 5.11 Å². The third-order valence-corrected chi connectivity index (χ3v) is 3.13. The van der Waals surface area contributed by atoms with Crippen LogP contribution in [0.4, 0.5) is 5.69 Å². The first-order valence-electron chi connectivity index (χ1n) is 6.15. The van der Waals surface area contributed by atoms with Crippen molar-refractivity contribution in [3.8, 4) is 0 Å². The van der Waals surface area contributed by atoms with Crippen LogP contribution in [0.3, 0.4) is 0 Å². The summed E-state index contributed by atoms with van der Waals surface area (Å²) in [6.07, 6.45) is 3.01. The van der Waals surface area contributed by atoms with Gasteiger partial charge in [0.2, 0.25) is 0 Å². The van der Waals surface area contributed by atoms with E-state index < -0.39 is 0 Å². The SMILES string of the molecule is CCC(CCO)Nc1cnn(C(C)C)c(=O)c1Cl. The number of nitrogens with zero attached hydrogens (tertiary/aromatic N) is 2. The van der Waals surface area contributed by atoms with Gasteiger partial charge in [-0.3, -0.25) is 4.79 Å². The molecule has 102 valence electrons. The van der Waals surface area contributed by atoms with Crippen molar-refractivity contribution in [1.82, 2.24) is 9.78 Å². The van der Waals surface area contributed by atoms with Crippen LogP contribution >= 0.6 is 11.6 Å². The van der Waals surface area contributed by atoms with Crippen molar-refractivity contribution in [1.29, 1.82) is 0 Å². The van der Waals surface area contributed by atoms with E-state index >= 15 is 0 Å². The number of aliphatic hydroxyl groups excluding tert-OH is 1. The molecule has 1 atom stereocenters. The summed E-state index contributed by atoms with van der Waals surface area (Å²) in [7, 11) is 0. The van der Waals surface area contributed by atoms with E-state index in [1.165, 1.54) is 4.68 Å². The van der Waals surface area contributed by atoms with Crippen LogP contribution in [0.5, 0.6) is 0 Å². The van der Waals surface area contributed by atoms with Crippen LogP contribution in [-0.2, 0) is 0 Å². The molecule has 18 heavy (non-hydrogen) atoms. The molecule has 0 spiro atoms. The van der Waals surface area contributed by atoms with Gasteiger partial charge >= 0.3 is 0 Å². The van der Waals surface area contributed by atoms with E-state index in [2.05, 4.69) is 10.4 Å². The number of anilines is 1. The zero-order chi connectivity index (χ0) is 13.7. The summed E-state index contributed by atoms with van der Waals surface area (Å²) in [4.78, 5) is 11.9. The topological polar surface area (TPSA) is 67.2 Å².